The van der Waals surface area contributed by atoms with Crippen LogP contribution < -0.4 is 0 Å². The summed E-state index contributed by atoms with van der Waals surface area (Å²) >= 11 is 23.5. The van der Waals surface area contributed by atoms with Crippen LogP contribution in [-0.4, -0.2) is 22.6 Å². The average Bonchev–Trinajstić information content (AvgIpc) is 2.97. The topological polar surface area (TPSA) is 65.2 Å². The summed E-state index contributed by atoms with van der Waals surface area (Å²) in [5.74, 6) is 0.523. The summed E-state index contributed by atoms with van der Waals surface area (Å²) in [5, 5.41) is 23.6. The molecule has 0 aliphatic rings. The molecule has 2 N–H and O–H groups in total. The van der Waals surface area contributed by atoms with Gasteiger partial charge in [0, 0.05) is 54.8 Å². The van der Waals surface area contributed by atoms with Gasteiger partial charge in [0.15, 0.2) is 0 Å². The number of nitrogens with zero attached hydrogens (tertiary/aromatic N) is 2. The van der Waals surface area contributed by atoms with Crippen LogP contribution in [0.25, 0.3) is 0 Å². The normalized spacial score (nSPS) is 12.1. The first kappa shape index (κ1) is 50.3. The quantitative estimate of drug-likeness (QED) is 0.158. The summed E-state index contributed by atoms with van der Waals surface area (Å²) in [7, 11) is 9.78. The number of aromatic hydroxyl groups is 2. The van der Waals surface area contributed by atoms with Crippen molar-refractivity contribution >= 4 is 88.8 Å². The molecule has 0 atom stereocenters. The van der Waals surface area contributed by atoms with Crippen molar-refractivity contribution in [2.24, 2.45) is 9.98 Å². The second-order valence-corrected chi connectivity index (χ2v) is 21.1. The van der Waals surface area contributed by atoms with Gasteiger partial charge in [-0.1, -0.05) is 149 Å². The molecule has 4 aromatic carbocycles. The summed E-state index contributed by atoms with van der Waals surface area (Å²) in [6.45, 7) is 25.5. The zero-order valence-corrected chi connectivity index (χ0v) is 38.6. The van der Waals surface area contributed by atoms with Gasteiger partial charge in [-0.25, -0.2) is 0 Å². The number of aliphatic imine (C=N–C) groups is 2. The van der Waals surface area contributed by atoms with Gasteiger partial charge in [-0.3, -0.25) is 9.98 Å². The van der Waals surface area contributed by atoms with E-state index < -0.39 is 17.0 Å². The van der Waals surface area contributed by atoms with E-state index in [1.165, 1.54) is 0 Å². The molecule has 0 saturated carbocycles. The van der Waals surface area contributed by atoms with Gasteiger partial charge in [-0.2, -0.15) is 0 Å². The summed E-state index contributed by atoms with van der Waals surface area (Å²) < 4.78 is 0. The first-order valence-electron chi connectivity index (χ1n) is 16.9. The van der Waals surface area contributed by atoms with Crippen molar-refractivity contribution in [3.63, 3.8) is 0 Å². The van der Waals surface area contributed by atoms with Crippen molar-refractivity contribution < 1.29 is 27.2 Å². The predicted octanol–water partition coefficient (Wildman–Crippen LogP) is 16.1. The van der Waals surface area contributed by atoms with E-state index >= 15 is 0 Å². The first-order chi connectivity index (χ1) is 24.2. The first-order valence-corrected chi connectivity index (χ1v) is 22.7. The maximum absolute atomic E-state index is 10.8. The molecule has 0 unspecified atom stereocenters. The van der Waals surface area contributed by atoms with Crippen molar-refractivity contribution in [1.82, 2.24) is 0 Å². The van der Waals surface area contributed by atoms with Gasteiger partial charge >= 0.3 is 35.6 Å². The van der Waals surface area contributed by atoms with Gasteiger partial charge in [-0.15, -0.1) is 0 Å². The number of phenols is 2. The molecule has 0 aliphatic carbocycles. The Bertz CT molecular complexity index is 1750. The monoisotopic (exact) mass is 888 g/mol. The molecular weight excluding hydrogens is 837 g/mol. The van der Waals surface area contributed by atoms with E-state index in [4.69, 9.17) is 65.0 Å². The van der Waals surface area contributed by atoms with Gasteiger partial charge in [0.1, 0.15) is 11.5 Å². The molecule has 294 valence electrons. The predicted molar refractivity (Wildman–Crippen MR) is 237 cm³/mol. The fourth-order valence-electron chi connectivity index (χ4n) is 5.04. The van der Waals surface area contributed by atoms with Crippen LogP contribution in [0, 0.1) is 0 Å². The molecule has 4 nitrogen and oxygen atoms in total. The molecule has 0 bridgehead atoms. The van der Waals surface area contributed by atoms with Crippen LogP contribution in [0.1, 0.15) is 124 Å². The van der Waals surface area contributed by atoms with Crippen LogP contribution in [0.2, 0.25) is 20.1 Å². The molecule has 11 heteroatoms. The summed E-state index contributed by atoms with van der Waals surface area (Å²) in [6, 6.07) is 18.4. The second-order valence-electron chi connectivity index (χ2n) is 16.8. The molecule has 0 heterocycles. The van der Waals surface area contributed by atoms with E-state index in [2.05, 4.69) is 105 Å². The van der Waals surface area contributed by atoms with E-state index in [1.807, 2.05) is 12.1 Å². The Hall–Kier alpha value is -1.73. The number of hydrogen-bond acceptors (Lipinski definition) is 4. The molecule has 54 heavy (non-hydrogen) atoms. The van der Waals surface area contributed by atoms with Crippen LogP contribution in [0.5, 0.6) is 11.5 Å². The molecule has 0 aromatic heterocycles. The fourth-order valence-corrected chi connectivity index (χ4v) is 6.06. The molecule has 0 fully saturated rings. The number of hydrogen-bond donors (Lipinski definition) is 2. The minimum atomic E-state index is -0.556. The molecule has 0 spiro atoms. The van der Waals surface area contributed by atoms with Crippen molar-refractivity contribution in [1.29, 1.82) is 0 Å². The number of halogens is 6. The molecular formula is C43H54Cl6N2O2Ti. The summed E-state index contributed by atoms with van der Waals surface area (Å²) in [4.78, 5) is 8.90. The third-order valence-corrected chi connectivity index (χ3v) is 8.90. The van der Waals surface area contributed by atoms with E-state index in [-0.39, 0.29) is 40.6 Å². The van der Waals surface area contributed by atoms with Gasteiger partial charge in [0.2, 0.25) is 0 Å². The third-order valence-electron chi connectivity index (χ3n) is 8.03. The maximum atomic E-state index is 10.8. The zero-order valence-electron chi connectivity index (χ0n) is 32.5. The standard InChI is InChI=1S/2C21H25Cl2NO.CH4.2ClH.Ti/c2*1-20(2,3)14-7-13(19(25)18(8-14)21(4,5)6)12-24-17-10-15(22)9-16(23)11-17;;;;/h2*7-12,25H,1-6H3;1H4;2*1H;/q;;;;;+2/p-2. The van der Waals surface area contributed by atoms with Crippen LogP contribution in [-0.2, 0) is 38.7 Å². The molecule has 4 rings (SSSR count). The SMILES string of the molecule is C.CC(C)(C)c1cc(C=Nc2cc(Cl)cc(Cl)c2)c(O)c(C(C)(C)C)c1.CC(C)(C)c1cc(C=Nc2cc(Cl)cc(Cl)c2)c(O)c(C(C)(C)C)c1.[Cl][Ti][Cl]. The number of phenolic OH excluding ortho intramolecular Hbond substituents is 2. The van der Waals surface area contributed by atoms with Crippen LogP contribution in [0.15, 0.2) is 70.6 Å². The van der Waals surface area contributed by atoms with Crippen LogP contribution in [0.4, 0.5) is 11.4 Å². The Morgan fingerprint density at radius 3 is 0.944 bits per heavy atom. The van der Waals surface area contributed by atoms with Gasteiger partial charge in [0.05, 0.1) is 11.4 Å². The van der Waals surface area contributed by atoms with Crippen molar-refractivity contribution in [2.45, 2.75) is 112 Å². The summed E-state index contributed by atoms with van der Waals surface area (Å²) in [6.07, 6.45) is 3.34. The molecule has 0 aliphatic heterocycles. The Morgan fingerprint density at radius 1 is 0.463 bits per heavy atom. The minimum absolute atomic E-state index is 0. The van der Waals surface area contributed by atoms with E-state index in [1.54, 1.807) is 48.8 Å². The Labute approximate surface area is 361 Å². The molecule has 0 saturated heterocycles. The van der Waals surface area contributed by atoms with Crippen LogP contribution in [0.3, 0.4) is 0 Å². The number of benzene rings is 4. The Balaban J connectivity index is 0.000000495. The molecule has 0 amide bonds. The Kier molecular flexibility index (Phi) is 19.2. The van der Waals surface area contributed by atoms with E-state index in [0.717, 1.165) is 22.3 Å². The average molecular weight is 892 g/mol. The van der Waals surface area contributed by atoms with Gasteiger partial charge in [0.25, 0.3) is 0 Å². The third kappa shape index (κ3) is 15.7. The Morgan fingerprint density at radius 2 is 0.722 bits per heavy atom. The van der Waals surface area contributed by atoms with Gasteiger partial charge in [-0.05, 0) is 81.3 Å². The molecule has 0 radical (unpaired) electrons. The number of rotatable bonds is 4. The van der Waals surface area contributed by atoms with Gasteiger partial charge < -0.3 is 10.2 Å². The van der Waals surface area contributed by atoms with Crippen molar-refractivity contribution in [2.75, 3.05) is 0 Å². The molecule has 4 aromatic rings. The second kappa shape index (κ2) is 20.6. The van der Waals surface area contributed by atoms with E-state index in [9.17, 15) is 10.2 Å². The van der Waals surface area contributed by atoms with Crippen molar-refractivity contribution in [3.05, 3.63) is 114 Å². The summed E-state index contributed by atoms with van der Waals surface area (Å²) in [5.41, 5.74) is 6.39. The van der Waals surface area contributed by atoms with E-state index in [0.29, 0.717) is 42.6 Å². The van der Waals surface area contributed by atoms with Crippen LogP contribution >= 0.6 is 65.0 Å². The zero-order chi connectivity index (χ0) is 40.7. The fraction of sp³-hybridized carbons (Fsp3) is 0.395. The van der Waals surface area contributed by atoms with Crippen molar-refractivity contribution in [3.8, 4) is 11.5 Å².